The third kappa shape index (κ3) is 5.60. The number of aromatic nitrogens is 3. The van der Waals surface area contributed by atoms with Crippen LogP contribution in [0.15, 0.2) is 188 Å². The topological polar surface area (TPSA) is 38.7 Å². The van der Waals surface area contributed by atoms with Gasteiger partial charge in [0.2, 0.25) is 0 Å². The average Bonchev–Trinajstić information content (AvgIpc) is 3.78. The Balaban J connectivity index is 1.13. The quantitative estimate of drug-likeness (QED) is 0.169. The molecule has 0 saturated carbocycles. The van der Waals surface area contributed by atoms with Gasteiger partial charge in [-0.05, 0) is 86.0 Å². The summed E-state index contributed by atoms with van der Waals surface area (Å²) in [6.07, 6.45) is 0. The van der Waals surface area contributed by atoms with Crippen molar-refractivity contribution >= 4 is 31.5 Å². The zero-order valence-electron chi connectivity index (χ0n) is 32.1. The van der Waals surface area contributed by atoms with Crippen LogP contribution in [0.5, 0.6) is 0 Å². The van der Waals surface area contributed by atoms with Crippen molar-refractivity contribution in [3.05, 3.63) is 199 Å². The first-order chi connectivity index (χ1) is 28.5. The van der Waals surface area contributed by atoms with Crippen LogP contribution in [0.4, 0.5) is 0 Å². The lowest BCUT2D eigenvalue weighted by atomic mass is 9.78. The first-order valence-corrected chi connectivity index (χ1v) is 20.6. The molecule has 2 aromatic heterocycles. The van der Waals surface area contributed by atoms with Gasteiger partial charge in [-0.1, -0.05) is 172 Å². The van der Waals surface area contributed by atoms with Crippen molar-refractivity contribution in [1.82, 2.24) is 15.0 Å². The van der Waals surface area contributed by atoms with Crippen molar-refractivity contribution in [2.24, 2.45) is 0 Å². The second-order valence-corrected chi connectivity index (χ2v) is 16.6. The molecule has 0 amide bonds. The first-order valence-electron chi connectivity index (χ1n) is 19.8. The van der Waals surface area contributed by atoms with Crippen LogP contribution in [-0.4, -0.2) is 15.0 Å². The summed E-state index contributed by atoms with van der Waals surface area (Å²) in [7, 11) is 0. The highest BCUT2D eigenvalue weighted by Crippen LogP contribution is 2.53. The number of hydrogen-bond acceptors (Lipinski definition) is 4. The minimum Gasteiger partial charge on any atom is -0.208 e. The normalized spacial score (nSPS) is 12.8. The van der Waals surface area contributed by atoms with E-state index in [1.807, 2.05) is 0 Å². The molecule has 8 aromatic carbocycles. The van der Waals surface area contributed by atoms with Gasteiger partial charge in [-0.15, -0.1) is 11.3 Å². The molecule has 0 radical (unpaired) electrons. The van der Waals surface area contributed by atoms with E-state index in [-0.39, 0.29) is 5.41 Å². The molecule has 0 unspecified atom stereocenters. The Bertz CT molecular complexity index is 3180. The third-order valence-electron chi connectivity index (χ3n) is 11.7. The van der Waals surface area contributed by atoms with E-state index in [1.165, 1.54) is 53.6 Å². The molecule has 58 heavy (non-hydrogen) atoms. The van der Waals surface area contributed by atoms with E-state index < -0.39 is 0 Å². The summed E-state index contributed by atoms with van der Waals surface area (Å²) in [5.41, 5.74) is 14.8. The standard InChI is InChI=1S/C54H37N3S/c1-54(2)47-33-38(29-30-40(47)42-24-14-23-39(49(42)54)35-18-8-4-9-19-35)51-55-52(57-53(56-51)45-26-15-25-43-41-22-12-13-27-48(41)58-50(43)45)44-31-28-37(34-16-6-3-7-17-34)32-46(44)36-20-10-5-11-21-36/h3-33H,1-2H3. The molecule has 2 heterocycles. The molecule has 1 aliphatic rings. The molecule has 10 aromatic rings. The third-order valence-corrected chi connectivity index (χ3v) is 13.0. The molecule has 0 atom stereocenters. The summed E-state index contributed by atoms with van der Waals surface area (Å²) >= 11 is 1.79. The predicted molar refractivity (Wildman–Crippen MR) is 243 cm³/mol. The lowest BCUT2D eigenvalue weighted by Crippen LogP contribution is -2.16. The molecule has 3 nitrogen and oxygen atoms in total. The highest BCUT2D eigenvalue weighted by atomic mass is 32.1. The molecule has 11 rings (SSSR count). The van der Waals surface area contributed by atoms with Crippen molar-refractivity contribution in [2.75, 3.05) is 0 Å². The Labute approximate surface area is 342 Å². The molecule has 0 bridgehead atoms. The highest BCUT2D eigenvalue weighted by molar-refractivity contribution is 7.26. The molecular weight excluding hydrogens is 723 g/mol. The fourth-order valence-electron chi connectivity index (χ4n) is 8.95. The van der Waals surface area contributed by atoms with E-state index in [0.717, 1.165) is 38.9 Å². The van der Waals surface area contributed by atoms with E-state index in [4.69, 9.17) is 15.0 Å². The van der Waals surface area contributed by atoms with Crippen LogP contribution in [0.3, 0.4) is 0 Å². The molecule has 0 saturated heterocycles. The minimum atomic E-state index is -0.248. The number of nitrogens with zero attached hydrogens (tertiary/aromatic N) is 3. The van der Waals surface area contributed by atoms with Crippen LogP contribution < -0.4 is 0 Å². The van der Waals surface area contributed by atoms with Gasteiger partial charge in [-0.2, -0.15) is 0 Å². The number of benzene rings is 8. The van der Waals surface area contributed by atoms with Gasteiger partial charge in [-0.25, -0.2) is 15.0 Å². The van der Waals surface area contributed by atoms with Gasteiger partial charge < -0.3 is 0 Å². The van der Waals surface area contributed by atoms with Gasteiger partial charge in [0.15, 0.2) is 17.5 Å². The van der Waals surface area contributed by atoms with Crippen LogP contribution in [0.1, 0.15) is 25.0 Å². The lowest BCUT2D eigenvalue weighted by Gasteiger charge is -2.25. The van der Waals surface area contributed by atoms with Crippen LogP contribution in [0.2, 0.25) is 0 Å². The minimum absolute atomic E-state index is 0.248. The van der Waals surface area contributed by atoms with Gasteiger partial charge in [0.25, 0.3) is 0 Å². The molecule has 1 aliphatic carbocycles. The Morgan fingerprint density at radius 3 is 1.67 bits per heavy atom. The maximum atomic E-state index is 5.38. The van der Waals surface area contributed by atoms with E-state index in [0.29, 0.717) is 17.5 Å². The van der Waals surface area contributed by atoms with Gasteiger partial charge in [0, 0.05) is 42.3 Å². The van der Waals surface area contributed by atoms with E-state index in [2.05, 4.69) is 202 Å². The zero-order chi connectivity index (χ0) is 38.8. The first kappa shape index (κ1) is 34.3. The Hall–Kier alpha value is -7.01. The van der Waals surface area contributed by atoms with Gasteiger partial charge >= 0.3 is 0 Å². The highest BCUT2D eigenvalue weighted by Gasteiger charge is 2.38. The zero-order valence-corrected chi connectivity index (χ0v) is 33.0. The summed E-state index contributed by atoms with van der Waals surface area (Å²) < 4.78 is 2.42. The van der Waals surface area contributed by atoms with Crippen molar-refractivity contribution in [1.29, 1.82) is 0 Å². The number of thiophene rings is 1. The Kier molecular flexibility index (Phi) is 8.02. The Morgan fingerprint density at radius 1 is 0.362 bits per heavy atom. The van der Waals surface area contributed by atoms with Crippen molar-refractivity contribution in [2.45, 2.75) is 19.3 Å². The van der Waals surface area contributed by atoms with Crippen LogP contribution in [0, 0.1) is 0 Å². The monoisotopic (exact) mass is 759 g/mol. The number of rotatable bonds is 6. The number of hydrogen-bond donors (Lipinski definition) is 0. The maximum Gasteiger partial charge on any atom is 0.165 e. The maximum absolute atomic E-state index is 5.38. The van der Waals surface area contributed by atoms with Gasteiger partial charge in [0.1, 0.15) is 0 Å². The molecule has 0 fully saturated rings. The van der Waals surface area contributed by atoms with Crippen LogP contribution >= 0.6 is 11.3 Å². The molecule has 0 aliphatic heterocycles. The second kappa shape index (κ2) is 13.6. The fraction of sp³-hybridized carbons (Fsp3) is 0.0556. The van der Waals surface area contributed by atoms with Crippen molar-refractivity contribution in [3.63, 3.8) is 0 Å². The van der Waals surface area contributed by atoms with Gasteiger partial charge in [-0.3, -0.25) is 0 Å². The molecule has 0 N–H and O–H groups in total. The van der Waals surface area contributed by atoms with E-state index in [9.17, 15) is 0 Å². The summed E-state index contributed by atoms with van der Waals surface area (Å²) in [6, 6.07) is 67.1. The average molecular weight is 760 g/mol. The Morgan fingerprint density at radius 2 is 0.914 bits per heavy atom. The predicted octanol–water partition coefficient (Wildman–Crippen LogP) is 14.5. The second-order valence-electron chi connectivity index (χ2n) is 15.6. The van der Waals surface area contributed by atoms with Gasteiger partial charge in [0.05, 0.1) is 0 Å². The van der Waals surface area contributed by atoms with E-state index >= 15 is 0 Å². The van der Waals surface area contributed by atoms with Crippen LogP contribution in [0.25, 0.3) is 98.8 Å². The lowest BCUT2D eigenvalue weighted by molar-refractivity contribution is 0.662. The van der Waals surface area contributed by atoms with Crippen molar-refractivity contribution in [3.8, 4) is 78.7 Å². The van der Waals surface area contributed by atoms with Crippen molar-refractivity contribution < 1.29 is 0 Å². The fourth-order valence-corrected chi connectivity index (χ4v) is 10.2. The summed E-state index contributed by atoms with van der Waals surface area (Å²) in [6.45, 7) is 4.70. The van der Waals surface area contributed by atoms with E-state index in [1.54, 1.807) is 11.3 Å². The van der Waals surface area contributed by atoms with Crippen LogP contribution in [-0.2, 0) is 5.41 Å². The summed E-state index contributed by atoms with van der Waals surface area (Å²) in [5.74, 6) is 1.96. The smallest absolute Gasteiger partial charge is 0.165 e. The SMILES string of the molecule is CC1(C)c2cc(-c3nc(-c4ccc(-c5ccccc5)cc4-c4ccccc4)nc(-c4cccc5c4sc4ccccc45)n3)ccc2-c2cccc(-c3ccccc3)c21. The summed E-state index contributed by atoms with van der Waals surface area (Å²) in [4.78, 5) is 16.1. The molecule has 4 heteroatoms. The number of fused-ring (bicyclic) bond motifs is 6. The largest absolute Gasteiger partial charge is 0.208 e. The molecular formula is C54H37N3S. The molecule has 0 spiro atoms. The molecule has 274 valence electrons. The summed E-state index contributed by atoms with van der Waals surface area (Å²) in [5, 5.41) is 2.46.